The molecule has 158 valence electrons. The lowest BCUT2D eigenvalue weighted by atomic mass is 10.1. The summed E-state index contributed by atoms with van der Waals surface area (Å²) < 4.78 is 5.70. The molecule has 3 aromatic rings. The standard InChI is InChI=1S/C25H25N3O3/c1-17-15-18-5-2-3-6-22(18)28(17)16-23-21(12-14-31-23)25(30)26-19-8-10-20(11-9-19)27-13-4-7-24(27)29/h2-3,5-6,8-12,14,17H,4,7,13,15-16H2,1H3,(H,26,30). The van der Waals surface area contributed by atoms with Crippen LogP contribution in [0.2, 0.25) is 0 Å². The monoisotopic (exact) mass is 415 g/mol. The van der Waals surface area contributed by atoms with Gasteiger partial charge in [-0.05, 0) is 61.7 Å². The van der Waals surface area contributed by atoms with Gasteiger partial charge >= 0.3 is 0 Å². The maximum atomic E-state index is 12.9. The second-order valence-corrected chi connectivity index (χ2v) is 8.22. The molecule has 3 heterocycles. The lowest BCUT2D eigenvalue weighted by molar-refractivity contribution is -0.117. The molecule has 0 aliphatic carbocycles. The molecular formula is C25H25N3O3. The van der Waals surface area contributed by atoms with Crippen LogP contribution in [0.25, 0.3) is 0 Å². The third-order valence-corrected chi connectivity index (χ3v) is 6.16. The average Bonchev–Trinajstić information content (AvgIpc) is 3.48. The summed E-state index contributed by atoms with van der Waals surface area (Å²) in [5.41, 5.74) is 4.61. The van der Waals surface area contributed by atoms with Gasteiger partial charge in [0.25, 0.3) is 5.91 Å². The molecule has 1 N–H and O–H groups in total. The molecule has 2 aliphatic rings. The molecule has 6 heteroatoms. The Morgan fingerprint density at radius 3 is 2.71 bits per heavy atom. The van der Waals surface area contributed by atoms with Crippen molar-refractivity contribution in [3.63, 3.8) is 0 Å². The molecule has 1 fully saturated rings. The van der Waals surface area contributed by atoms with Gasteiger partial charge in [0.05, 0.1) is 18.4 Å². The summed E-state index contributed by atoms with van der Waals surface area (Å²) in [6.45, 7) is 3.49. The summed E-state index contributed by atoms with van der Waals surface area (Å²) in [6.07, 6.45) is 4.05. The molecule has 2 aliphatic heterocycles. The first-order valence-electron chi connectivity index (χ1n) is 10.7. The molecule has 0 spiro atoms. The van der Waals surface area contributed by atoms with Crippen molar-refractivity contribution >= 4 is 28.9 Å². The highest BCUT2D eigenvalue weighted by molar-refractivity contribution is 6.05. The molecule has 1 unspecified atom stereocenters. The smallest absolute Gasteiger partial charge is 0.259 e. The minimum absolute atomic E-state index is 0.150. The van der Waals surface area contributed by atoms with Gasteiger partial charge in [-0.2, -0.15) is 0 Å². The van der Waals surface area contributed by atoms with Crippen molar-refractivity contribution < 1.29 is 14.0 Å². The largest absolute Gasteiger partial charge is 0.467 e. The van der Waals surface area contributed by atoms with Crippen molar-refractivity contribution in [2.75, 3.05) is 21.7 Å². The van der Waals surface area contributed by atoms with Crippen LogP contribution < -0.4 is 15.1 Å². The summed E-state index contributed by atoms with van der Waals surface area (Å²) >= 11 is 0. The van der Waals surface area contributed by atoms with Crippen LogP contribution in [-0.4, -0.2) is 24.4 Å². The van der Waals surface area contributed by atoms with E-state index < -0.39 is 0 Å². The second-order valence-electron chi connectivity index (χ2n) is 8.22. The fourth-order valence-electron chi connectivity index (χ4n) is 4.53. The fraction of sp³-hybridized carbons (Fsp3) is 0.280. The molecule has 1 aromatic heterocycles. The van der Waals surface area contributed by atoms with Gasteiger partial charge in [0, 0.05) is 36.1 Å². The van der Waals surface area contributed by atoms with Crippen molar-refractivity contribution in [1.29, 1.82) is 0 Å². The van der Waals surface area contributed by atoms with E-state index in [0.717, 1.165) is 25.1 Å². The molecule has 2 aromatic carbocycles. The van der Waals surface area contributed by atoms with Crippen molar-refractivity contribution in [2.45, 2.75) is 38.8 Å². The number of carbonyl (C=O) groups excluding carboxylic acids is 2. The first kappa shape index (κ1) is 19.4. The third-order valence-electron chi connectivity index (χ3n) is 6.16. The average molecular weight is 415 g/mol. The van der Waals surface area contributed by atoms with Gasteiger partial charge in [-0.25, -0.2) is 0 Å². The number of carbonyl (C=O) groups is 2. The number of nitrogens with zero attached hydrogens (tertiary/aromatic N) is 2. The highest BCUT2D eigenvalue weighted by Crippen LogP contribution is 2.33. The van der Waals surface area contributed by atoms with Gasteiger partial charge in [-0.1, -0.05) is 18.2 Å². The van der Waals surface area contributed by atoms with Crippen LogP contribution in [-0.2, 0) is 17.8 Å². The fourth-order valence-corrected chi connectivity index (χ4v) is 4.53. The highest BCUT2D eigenvalue weighted by Gasteiger charge is 2.28. The lowest BCUT2D eigenvalue weighted by Gasteiger charge is -2.24. The third kappa shape index (κ3) is 3.69. The minimum Gasteiger partial charge on any atom is -0.467 e. The summed E-state index contributed by atoms with van der Waals surface area (Å²) in [5.74, 6) is 0.603. The number of furan rings is 1. The Kier molecular flexibility index (Phi) is 4.98. The van der Waals surface area contributed by atoms with E-state index in [-0.39, 0.29) is 11.8 Å². The number of rotatable bonds is 5. The molecule has 6 nitrogen and oxygen atoms in total. The summed E-state index contributed by atoms with van der Waals surface area (Å²) in [5, 5.41) is 2.95. The molecular weight excluding hydrogens is 390 g/mol. The number of hydrogen-bond acceptors (Lipinski definition) is 4. The van der Waals surface area contributed by atoms with E-state index in [4.69, 9.17) is 4.42 Å². The van der Waals surface area contributed by atoms with Crippen LogP contribution >= 0.6 is 0 Å². The first-order valence-corrected chi connectivity index (χ1v) is 10.7. The van der Waals surface area contributed by atoms with E-state index >= 15 is 0 Å². The molecule has 2 amide bonds. The Hall–Kier alpha value is -3.54. The number of para-hydroxylation sites is 1. The van der Waals surface area contributed by atoms with Crippen LogP contribution in [0.5, 0.6) is 0 Å². The van der Waals surface area contributed by atoms with Crippen LogP contribution in [0.15, 0.2) is 65.3 Å². The van der Waals surface area contributed by atoms with E-state index in [1.165, 1.54) is 11.3 Å². The Balaban J connectivity index is 1.29. The predicted molar refractivity (Wildman–Crippen MR) is 120 cm³/mol. The van der Waals surface area contributed by atoms with Gasteiger partial charge in [0.15, 0.2) is 0 Å². The van der Waals surface area contributed by atoms with E-state index in [1.54, 1.807) is 17.2 Å². The number of benzene rings is 2. The van der Waals surface area contributed by atoms with Gasteiger partial charge < -0.3 is 19.5 Å². The van der Waals surface area contributed by atoms with Crippen LogP contribution in [0, 0.1) is 0 Å². The Labute approximate surface area is 181 Å². The van der Waals surface area contributed by atoms with Crippen molar-refractivity contribution in [2.24, 2.45) is 0 Å². The minimum atomic E-state index is -0.200. The SMILES string of the molecule is CC1Cc2ccccc2N1Cc1occc1C(=O)Nc1ccc(N2CCCC2=O)cc1. The lowest BCUT2D eigenvalue weighted by Crippen LogP contribution is -2.29. The van der Waals surface area contributed by atoms with Gasteiger partial charge in [-0.15, -0.1) is 0 Å². The molecule has 1 atom stereocenters. The maximum Gasteiger partial charge on any atom is 0.259 e. The van der Waals surface area contributed by atoms with E-state index in [2.05, 4.69) is 35.3 Å². The van der Waals surface area contributed by atoms with Crippen molar-refractivity contribution in [1.82, 2.24) is 0 Å². The van der Waals surface area contributed by atoms with Crippen LogP contribution in [0.3, 0.4) is 0 Å². The quantitative estimate of drug-likeness (QED) is 0.661. The zero-order valence-corrected chi connectivity index (χ0v) is 17.5. The van der Waals surface area contributed by atoms with Crippen molar-refractivity contribution in [3.8, 4) is 0 Å². The summed E-state index contributed by atoms with van der Waals surface area (Å²) in [6, 6.07) is 17.8. The molecule has 0 saturated carbocycles. The maximum absolute atomic E-state index is 12.9. The first-order chi connectivity index (χ1) is 15.1. The Bertz CT molecular complexity index is 1120. The van der Waals surface area contributed by atoms with Crippen LogP contribution in [0.1, 0.15) is 41.4 Å². The molecule has 0 radical (unpaired) electrons. The summed E-state index contributed by atoms with van der Waals surface area (Å²) in [7, 11) is 0. The summed E-state index contributed by atoms with van der Waals surface area (Å²) in [4.78, 5) is 28.9. The van der Waals surface area contributed by atoms with Crippen LogP contribution in [0.4, 0.5) is 17.1 Å². The number of hydrogen-bond donors (Lipinski definition) is 1. The van der Waals surface area contributed by atoms with Crippen molar-refractivity contribution in [3.05, 3.63) is 77.7 Å². The zero-order valence-electron chi connectivity index (χ0n) is 17.5. The number of nitrogens with one attached hydrogen (secondary N) is 1. The molecule has 0 bridgehead atoms. The Morgan fingerprint density at radius 2 is 1.94 bits per heavy atom. The molecule has 1 saturated heterocycles. The van der Waals surface area contributed by atoms with Gasteiger partial charge in [-0.3, -0.25) is 9.59 Å². The normalized spacial score (nSPS) is 17.8. The van der Waals surface area contributed by atoms with Gasteiger partial charge in [0.2, 0.25) is 5.91 Å². The second kappa shape index (κ2) is 7.95. The number of amides is 2. The highest BCUT2D eigenvalue weighted by atomic mass is 16.3. The zero-order chi connectivity index (χ0) is 21.4. The predicted octanol–water partition coefficient (Wildman–Crippen LogP) is 4.61. The number of anilines is 3. The van der Waals surface area contributed by atoms with Gasteiger partial charge in [0.1, 0.15) is 5.76 Å². The molecule has 31 heavy (non-hydrogen) atoms. The topological polar surface area (TPSA) is 65.8 Å². The van der Waals surface area contributed by atoms with E-state index in [0.29, 0.717) is 36.0 Å². The van der Waals surface area contributed by atoms with E-state index in [9.17, 15) is 9.59 Å². The number of fused-ring (bicyclic) bond motifs is 1. The Morgan fingerprint density at radius 1 is 1.13 bits per heavy atom. The molecule has 5 rings (SSSR count). The van der Waals surface area contributed by atoms with E-state index in [1.807, 2.05) is 30.3 Å².